The predicted octanol–water partition coefficient (Wildman–Crippen LogP) is 4.29. The topological polar surface area (TPSA) is 0 Å². The molecule has 0 atom stereocenters. The van der Waals surface area contributed by atoms with Gasteiger partial charge in [-0.2, -0.15) is 0 Å². The van der Waals surface area contributed by atoms with Crippen molar-refractivity contribution in [1.29, 1.82) is 0 Å². The van der Waals surface area contributed by atoms with Crippen molar-refractivity contribution in [2.45, 2.75) is 0 Å². The van der Waals surface area contributed by atoms with Crippen molar-refractivity contribution < 1.29 is 14.2 Å². The van der Waals surface area contributed by atoms with Crippen LogP contribution in [0.1, 0.15) is 0 Å². The summed E-state index contributed by atoms with van der Waals surface area (Å²) in [5, 5.41) is 4.19. The number of hydrogen-bond donors (Lipinski definition) is 0. The molecule has 0 bridgehead atoms. The third-order valence-corrected chi connectivity index (χ3v) is 5.49. The summed E-state index contributed by atoms with van der Waals surface area (Å²) in [6, 6.07) is 32.3. The minimum Gasteiger partial charge on any atom is -0.0622 e. The molecule has 0 aromatic heterocycles. The Kier molecular flexibility index (Phi) is 7.19. The number of hydrogen-bond acceptors (Lipinski definition) is 0. The first-order chi connectivity index (χ1) is 10.4. The predicted molar refractivity (Wildman–Crippen MR) is 94.1 cm³/mol. The van der Waals surface area contributed by atoms with Crippen LogP contribution in [-0.2, 0) is 14.2 Å². The van der Waals surface area contributed by atoms with Gasteiger partial charge in [-0.1, -0.05) is 91.0 Å². The van der Waals surface area contributed by atoms with Gasteiger partial charge < -0.3 is 0 Å². The molecule has 0 heterocycles. The van der Waals surface area contributed by atoms with Crippen LogP contribution in [0.25, 0.3) is 0 Å². The molecular formula is C18H15BrCuP. The van der Waals surface area contributed by atoms with E-state index in [1.54, 1.807) is 0 Å². The molecule has 110 valence electrons. The number of halogens is 1. The van der Waals surface area contributed by atoms with Gasteiger partial charge in [0.05, 0.1) is 0 Å². The average Bonchev–Trinajstić information content (AvgIpc) is 2.60. The fourth-order valence-electron chi connectivity index (χ4n) is 2.18. The van der Waals surface area contributed by atoms with Crippen LogP contribution in [0.2, 0.25) is 0 Å². The van der Waals surface area contributed by atoms with Gasteiger partial charge in [-0.05, 0) is 23.8 Å². The Morgan fingerprint density at radius 2 is 0.714 bits per heavy atom. The molecule has 0 nitrogen and oxygen atoms in total. The summed E-state index contributed by atoms with van der Waals surface area (Å²) < 4.78 is 0. The van der Waals surface area contributed by atoms with Gasteiger partial charge in [0, 0.05) is 0 Å². The fraction of sp³-hybridized carbons (Fsp3) is 0. The van der Waals surface area contributed by atoms with Gasteiger partial charge in [-0.15, -0.1) is 0 Å². The van der Waals surface area contributed by atoms with Crippen LogP contribution in [-0.4, -0.2) is 0 Å². The van der Waals surface area contributed by atoms with Crippen molar-refractivity contribution in [3.63, 3.8) is 0 Å². The van der Waals surface area contributed by atoms with Crippen molar-refractivity contribution in [1.82, 2.24) is 0 Å². The fourth-order valence-corrected chi connectivity index (χ4v) is 4.48. The SMILES string of the molecule is [Cu][Br].c1ccc(P(c2ccccc2)c2ccccc2)cc1. The van der Waals surface area contributed by atoms with Gasteiger partial charge in [0.2, 0.25) is 0 Å². The van der Waals surface area contributed by atoms with Crippen molar-refractivity contribution in [3.8, 4) is 0 Å². The smallest absolute Gasteiger partial charge is 0.0134 e. The van der Waals surface area contributed by atoms with E-state index in [2.05, 4.69) is 119 Å². The molecule has 3 aromatic rings. The molecule has 0 aliphatic rings. The maximum Gasteiger partial charge on any atom is -0.0134 e. The Labute approximate surface area is 142 Å². The van der Waals surface area contributed by atoms with Crippen molar-refractivity contribution in [3.05, 3.63) is 91.0 Å². The van der Waals surface area contributed by atoms with E-state index in [4.69, 9.17) is 0 Å². The molecule has 0 amide bonds. The molecule has 3 aromatic carbocycles. The summed E-state index contributed by atoms with van der Waals surface area (Å²) in [5.41, 5.74) is 0. The zero-order valence-corrected chi connectivity index (χ0v) is 14.7. The summed E-state index contributed by atoms with van der Waals surface area (Å²) in [6.07, 6.45) is 0. The van der Waals surface area contributed by atoms with Gasteiger partial charge in [-0.3, -0.25) is 0 Å². The largest absolute Gasteiger partial charge is 0.0622 e. The van der Waals surface area contributed by atoms with Crippen molar-refractivity contribution in [2.24, 2.45) is 0 Å². The van der Waals surface area contributed by atoms with Crippen LogP contribution in [0, 0.1) is 0 Å². The van der Waals surface area contributed by atoms with Crippen LogP contribution in [0.15, 0.2) is 91.0 Å². The Hall–Kier alpha value is -0.911. The van der Waals surface area contributed by atoms with Gasteiger partial charge in [0.25, 0.3) is 0 Å². The second-order valence-electron chi connectivity index (χ2n) is 4.34. The first kappa shape index (κ1) is 16.5. The standard InChI is InChI=1S/C18H15P.BrH.Cu/c1-4-10-16(11-5-1)19(17-12-6-2-7-13-17)18-14-8-3-9-15-18;;/h1-15H;1H;/q;;+1/p-1. The number of rotatable bonds is 3. The molecule has 0 radical (unpaired) electrons. The summed E-state index contributed by atoms with van der Waals surface area (Å²) in [7, 11) is -0.446. The molecule has 3 heteroatoms. The monoisotopic (exact) mass is 404 g/mol. The molecule has 0 aliphatic heterocycles. The molecule has 0 unspecified atom stereocenters. The van der Waals surface area contributed by atoms with Crippen molar-refractivity contribution >= 4 is 37.9 Å². The molecule has 0 aliphatic carbocycles. The van der Waals surface area contributed by atoms with Gasteiger partial charge in [-0.25, -0.2) is 0 Å². The van der Waals surface area contributed by atoms with E-state index in [1.165, 1.54) is 15.9 Å². The summed E-state index contributed by atoms with van der Waals surface area (Å²) >= 11 is 6.50. The van der Waals surface area contributed by atoms with Gasteiger partial charge >= 0.3 is 28.3 Å². The molecule has 0 fully saturated rings. The molecular weight excluding hydrogens is 391 g/mol. The van der Waals surface area contributed by atoms with Crippen LogP contribution < -0.4 is 15.9 Å². The minimum atomic E-state index is -0.446. The first-order valence-corrected chi connectivity index (χ1v) is 10.2. The molecule has 0 saturated heterocycles. The quantitative estimate of drug-likeness (QED) is 0.450. The molecule has 0 saturated carbocycles. The maximum atomic E-state index is 4.00. The third-order valence-electron chi connectivity index (χ3n) is 3.04. The van der Waals surface area contributed by atoms with E-state index < -0.39 is 7.92 Å². The van der Waals surface area contributed by atoms with Crippen LogP contribution in [0.3, 0.4) is 0 Å². The average molecular weight is 406 g/mol. The molecule has 3 rings (SSSR count). The Morgan fingerprint density at radius 1 is 0.476 bits per heavy atom. The van der Waals surface area contributed by atoms with Crippen LogP contribution in [0.5, 0.6) is 0 Å². The van der Waals surface area contributed by atoms with Crippen LogP contribution >= 0.6 is 22.0 Å². The van der Waals surface area contributed by atoms with Gasteiger partial charge in [0.1, 0.15) is 0 Å². The minimum absolute atomic E-state index is 0.446. The Bertz CT molecular complexity index is 535. The van der Waals surface area contributed by atoms with E-state index in [9.17, 15) is 0 Å². The molecule has 0 N–H and O–H groups in total. The van der Waals surface area contributed by atoms with Crippen LogP contribution in [0.4, 0.5) is 0 Å². The first-order valence-electron chi connectivity index (χ1n) is 6.52. The third kappa shape index (κ3) is 4.53. The second kappa shape index (κ2) is 9.18. The summed E-state index contributed by atoms with van der Waals surface area (Å²) in [4.78, 5) is 0. The maximum absolute atomic E-state index is 4.00. The van der Waals surface area contributed by atoms with E-state index >= 15 is 0 Å². The number of benzene rings is 3. The Morgan fingerprint density at radius 3 is 0.952 bits per heavy atom. The second-order valence-corrected chi connectivity index (χ2v) is 6.56. The van der Waals surface area contributed by atoms with E-state index in [0.29, 0.717) is 0 Å². The summed E-state index contributed by atoms with van der Waals surface area (Å²) in [5.74, 6) is 0. The zero-order valence-electron chi connectivity index (χ0n) is 11.3. The van der Waals surface area contributed by atoms with E-state index in [0.717, 1.165) is 0 Å². The molecule has 0 spiro atoms. The van der Waals surface area contributed by atoms with E-state index in [1.807, 2.05) is 0 Å². The Balaban J connectivity index is 0.000000774. The van der Waals surface area contributed by atoms with Crippen molar-refractivity contribution in [2.75, 3.05) is 0 Å². The molecule has 21 heavy (non-hydrogen) atoms. The zero-order chi connectivity index (χ0) is 14.9. The van der Waals surface area contributed by atoms with Gasteiger partial charge in [0.15, 0.2) is 0 Å². The van der Waals surface area contributed by atoms with E-state index in [-0.39, 0.29) is 0 Å². The normalized spacial score (nSPS) is 9.90. The summed E-state index contributed by atoms with van der Waals surface area (Å²) in [6.45, 7) is 0.